The molecule has 0 amide bonds. The molecule has 2 heterocycles. The molecule has 0 aliphatic carbocycles. The van der Waals surface area contributed by atoms with Crippen LogP contribution in [0.3, 0.4) is 0 Å². The zero-order valence-electron chi connectivity index (χ0n) is 13.1. The highest BCUT2D eigenvalue weighted by Gasteiger charge is 2.19. The van der Waals surface area contributed by atoms with Crippen molar-refractivity contribution in [2.24, 2.45) is 0 Å². The molecule has 0 unspecified atom stereocenters. The van der Waals surface area contributed by atoms with Crippen molar-refractivity contribution in [3.8, 4) is 11.5 Å². The van der Waals surface area contributed by atoms with Crippen LogP contribution in [0.15, 0.2) is 48.7 Å². The van der Waals surface area contributed by atoms with E-state index in [1.807, 2.05) is 0 Å². The lowest BCUT2D eigenvalue weighted by atomic mass is 10.2. The second kappa shape index (κ2) is 6.42. The monoisotopic (exact) mass is 374 g/mol. The summed E-state index contributed by atoms with van der Waals surface area (Å²) in [5.74, 6) is -1.66. The van der Waals surface area contributed by atoms with Crippen molar-refractivity contribution in [3.63, 3.8) is 0 Å². The summed E-state index contributed by atoms with van der Waals surface area (Å²) in [6, 6.07) is 10.6. The molecule has 130 valence electrons. The Morgan fingerprint density at radius 1 is 0.923 bits per heavy atom. The number of hydrogen-bond donors (Lipinski definition) is 0. The number of nitrogens with zero attached hydrogens (tertiary/aromatic N) is 4. The van der Waals surface area contributed by atoms with Gasteiger partial charge in [0, 0.05) is 10.9 Å². The van der Waals surface area contributed by atoms with E-state index in [2.05, 4.69) is 15.1 Å². The largest absolute Gasteiger partial charge is 0.257 e. The molecule has 26 heavy (non-hydrogen) atoms. The Morgan fingerprint density at radius 3 is 2.46 bits per heavy atom. The predicted molar refractivity (Wildman–Crippen MR) is 91.2 cm³/mol. The molecule has 2 aromatic heterocycles. The van der Waals surface area contributed by atoms with Gasteiger partial charge in [-0.15, -0.1) is 0 Å². The molecule has 0 N–H and O–H groups in total. The lowest BCUT2D eigenvalue weighted by Crippen LogP contribution is -2.05. The van der Waals surface area contributed by atoms with Gasteiger partial charge in [-0.2, -0.15) is 5.10 Å². The summed E-state index contributed by atoms with van der Waals surface area (Å²) in [5, 5.41) is 4.39. The number of fused-ring (bicyclic) bond motifs is 1. The van der Waals surface area contributed by atoms with E-state index in [-0.39, 0.29) is 28.7 Å². The fourth-order valence-electron chi connectivity index (χ4n) is 2.72. The van der Waals surface area contributed by atoms with Crippen molar-refractivity contribution >= 4 is 22.5 Å². The van der Waals surface area contributed by atoms with E-state index in [0.717, 1.165) is 6.20 Å². The molecular weight excluding hydrogens is 365 g/mol. The van der Waals surface area contributed by atoms with Gasteiger partial charge < -0.3 is 0 Å². The molecule has 2 aromatic carbocycles. The number of halogens is 4. The average Bonchev–Trinajstić information content (AvgIpc) is 2.99. The third-order valence-electron chi connectivity index (χ3n) is 3.91. The van der Waals surface area contributed by atoms with Crippen molar-refractivity contribution in [1.82, 2.24) is 19.7 Å². The summed E-state index contributed by atoms with van der Waals surface area (Å²) in [7, 11) is 0. The van der Waals surface area contributed by atoms with Gasteiger partial charge in [-0.25, -0.2) is 23.1 Å². The second-order valence-corrected chi connectivity index (χ2v) is 5.92. The molecule has 0 aliphatic heterocycles. The van der Waals surface area contributed by atoms with E-state index >= 15 is 0 Å². The molecule has 0 radical (unpaired) electrons. The van der Waals surface area contributed by atoms with Crippen LogP contribution in [0.25, 0.3) is 22.4 Å². The molecule has 0 bridgehead atoms. The van der Waals surface area contributed by atoms with Gasteiger partial charge >= 0.3 is 0 Å². The first-order chi connectivity index (χ1) is 12.5. The van der Waals surface area contributed by atoms with Crippen molar-refractivity contribution < 1.29 is 13.2 Å². The fourth-order valence-corrected chi connectivity index (χ4v) is 2.85. The van der Waals surface area contributed by atoms with Gasteiger partial charge in [0.25, 0.3) is 0 Å². The Morgan fingerprint density at radius 2 is 1.69 bits per heavy atom. The molecule has 0 fully saturated rings. The minimum Gasteiger partial charge on any atom is -0.257 e. The van der Waals surface area contributed by atoms with Gasteiger partial charge in [0.2, 0.25) is 0 Å². The van der Waals surface area contributed by atoms with Crippen LogP contribution < -0.4 is 0 Å². The molecule has 4 nitrogen and oxygen atoms in total. The van der Waals surface area contributed by atoms with Crippen LogP contribution in [-0.2, 0) is 6.54 Å². The van der Waals surface area contributed by atoms with Gasteiger partial charge in [-0.05, 0) is 12.1 Å². The topological polar surface area (TPSA) is 43.6 Å². The Hall–Kier alpha value is -2.93. The van der Waals surface area contributed by atoms with E-state index in [0.29, 0.717) is 10.9 Å². The molecule has 0 saturated heterocycles. The van der Waals surface area contributed by atoms with E-state index in [9.17, 15) is 13.2 Å². The van der Waals surface area contributed by atoms with Crippen LogP contribution in [0.4, 0.5) is 13.2 Å². The van der Waals surface area contributed by atoms with Crippen molar-refractivity contribution in [3.05, 3.63) is 76.8 Å². The maximum absolute atomic E-state index is 14.4. The molecule has 8 heteroatoms. The van der Waals surface area contributed by atoms with Gasteiger partial charge in [0.1, 0.15) is 22.8 Å². The van der Waals surface area contributed by atoms with Crippen LogP contribution in [-0.4, -0.2) is 19.7 Å². The SMILES string of the molecule is Fc1ccccc1Cn1nc(-c2ncc(F)c(Cl)n2)c2cccc(F)c21. The van der Waals surface area contributed by atoms with Crippen LogP contribution in [0.2, 0.25) is 5.15 Å². The van der Waals surface area contributed by atoms with E-state index < -0.39 is 17.5 Å². The number of rotatable bonds is 3. The fraction of sp³-hybridized carbons (Fsp3) is 0.0556. The van der Waals surface area contributed by atoms with Crippen LogP contribution in [0.5, 0.6) is 0 Å². The summed E-state index contributed by atoms with van der Waals surface area (Å²) in [6.45, 7) is 0.0129. The lowest BCUT2D eigenvalue weighted by molar-refractivity contribution is 0.581. The highest BCUT2D eigenvalue weighted by atomic mass is 35.5. The van der Waals surface area contributed by atoms with Gasteiger partial charge in [-0.3, -0.25) is 4.68 Å². The van der Waals surface area contributed by atoms with Gasteiger partial charge in [-0.1, -0.05) is 41.9 Å². The average molecular weight is 375 g/mol. The first-order valence-electron chi connectivity index (χ1n) is 7.61. The standard InChI is InChI=1S/C18H10ClF3N4/c19-17-14(22)8-23-18(24-17)15-11-5-3-7-13(21)16(11)26(25-15)9-10-4-1-2-6-12(10)20/h1-8H,9H2. The minimum absolute atomic E-state index is 0.0129. The Kier molecular flexibility index (Phi) is 4.08. The summed E-state index contributed by atoms with van der Waals surface area (Å²) < 4.78 is 43.1. The Labute approximate surface area is 150 Å². The summed E-state index contributed by atoms with van der Waals surface area (Å²) in [4.78, 5) is 7.75. The Balaban J connectivity index is 1.91. The van der Waals surface area contributed by atoms with E-state index in [1.54, 1.807) is 24.3 Å². The van der Waals surface area contributed by atoms with E-state index in [4.69, 9.17) is 11.6 Å². The van der Waals surface area contributed by atoms with Crippen molar-refractivity contribution in [2.45, 2.75) is 6.54 Å². The highest BCUT2D eigenvalue weighted by Crippen LogP contribution is 2.29. The maximum atomic E-state index is 14.4. The van der Waals surface area contributed by atoms with Crippen molar-refractivity contribution in [2.75, 3.05) is 0 Å². The predicted octanol–water partition coefficient (Wildman–Crippen LogP) is 4.61. The van der Waals surface area contributed by atoms with Crippen LogP contribution in [0.1, 0.15) is 5.56 Å². The smallest absolute Gasteiger partial charge is 0.182 e. The van der Waals surface area contributed by atoms with Crippen LogP contribution in [0, 0.1) is 17.5 Å². The molecule has 4 aromatic rings. The molecule has 0 saturated carbocycles. The summed E-state index contributed by atoms with van der Waals surface area (Å²) >= 11 is 5.72. The van der Waals surface area contributed by atoms with Gasteiger partial charge in [0.15, 0.2) is 16.8 Å². The van der Waals surface area contributed by atoms with Crippen LogP contribution >= 0.6 is 11.6 Å². The van der Waals surface area contributed by atoms with Gasteiger partial charge in [0.05, 0.1) is 12.7 Å². The van der Waals surface area contributed by atoms with E-state index in [1.165, 1.54) is 22.9 Å². The minimum atomic E-state index is -0.767. The zero-order valence-corrected chi connectivity index (χ0v) is 13.9. The number of benzene rings is 2. The second-order valence-electron chi connectivity index (χ2n) is 5.57. The van der Waals surface area contributed by atoms with Crippen molar-refractivity contribution in [1.29, 1.82) is 0 Å². The zero-order chi connectivity index (χ0) is 18.3. The number of hydrogen-bond acceptors (Lipinski definition) is 3. The third-order valence-corrected chi connectivity index (χ3v) is 4.18. The first-order valence-corrected chi connectivity index (χ1v) is 7.99. The molecule has 0 atom stereocenters. The summed E-state index contributed by atoms with van der Waals surface area (Å²) in [6.07, 6.45) is 0.922. The first kappa shape index (κ1) is 16.5. The third kappa shape index (κ3) is 2.80. The molecule has 0 spiro atoms. The summed E-state index contributed by atoms with van der Waals surface area (Å²) in [5.41, 5.74) is 0.761. The molecular formula is C18H10ClF3N4. The Bertz CT molecular complexity index is 1130. The maximum Gasteiger partial charge on any atom is 0.182 e. The quantitative estimate of drug-likeness (QED) is 0.492. The number of para-hydroxylation sites is 1. The molecule has 4 rings (SSSR count). The number of aromatic nitrogens is 4. The molecule has 0 aliphatic rings. The normalized spacial score (nSPS) is 11.2. The highest BCUT2D eigenvalue weighted by molar-refractivity contribution is 6.29. The lowest BCUT2D eigenvalue weighted by Gasteiger charge is -2.05.